The van der Waals surface area contributed by atoms with Crippen LogP contribution in [0.5, 0.6) is 0 Å². The molecule has 0 bridgehead atoms. The summed E-state index contributed by atoms with van der Waals surface area (Å²) in [6.45, 7) is 10.2. The van der Waals surface area contributed by atoms with Crippen molar-refractivity contribution in [3.05, 3.63) is 98.6 Å². The summed E-state index contributed by atoms with van der Waals surface area (Å²) in [5.41, 5.74) is 7.76. The average Bonchev–Trinajstić information content (AvgIpc) is 2.82. The van der Waals surface area contributed by atoms with Gasteiger partial charge in [-0.1, -0.05) is 51.0 Å². The number of unbranched alkanes of at least 4 members (excludes halogenated alkanes) is 2. The molecule has 34 heavy (non-hydrogen) atoms. The molecule has 0 fully saturated rings. The molecule has 0 saturated heterocycles. The zero-order valence-electron chi connectivity index (χ0n) is 20.7. The van der Waals surface area contributed by atoms with Crippen molar-refractivity contribution in [2.45, 2.75) is 53.4 Å². The van der Waals surface area contributed by atoms with Gasteiger partial charge in [0.2, 0.25) is 0 Å². The predicted octanol–water partition coefficient (Wildman–Crippen LogP) is 7.67. The topological polar surface area (TPSA) is 67.5 Å². The molecule has 2 aromatic rings. The summed E-state index contributed by atoms with van der Waals surface area (Å²) in [5, 5.41) is 15.4. The number of anilines is 1. The van der Waals surface area contributed by atoms with Gasteiger partial charge in [-0.05, 0) is 79.3 Å². The summed E-state index contributed by atoms with van der Waals surface area (Å²) in [6.07, 6.45) is 10.6. The molecule has 1 aliphatic rings. The van der Waals surface area contributed by atoms with Gasteiger partial charge in [0.15, 0.2) is 0 Å². The molecular weight excluding hydrogens is 422 g/mol. The van der Waals surface area contributed by atoms with Crippen LogP contribution in [0.2, 0.25) is 0 Å². The number of benzene rings is 2. The van der Waals surface area contributed by atoms with Crippen LogP contribution in [0, 0.1) is 17.0 Å². The molecule has 5 nitrogen and oxygen atoms in total. The molecule has 0 aliphatic heterocycles. The molecule has 0 atom stereocenters. The number of nitrogens with one attached hydrogen (secondary N) is 1. The fourth-order valence-electron chi connectivity index (χ4n) is 4.09. The first-order valence-electron chi connectivity index (χ1n) is 12.2. The normalized spacial score (nSPS) is 15.9. The molecule has 0 radical (unpaired) electrons. The van der Waals surface area contributed by atoms with E-state index in [2.05, 4.69) is 57.3 Å². The Balaban J connectivity index is 2.13. The van der Waals surface area contributed by atoms with Crippen molar-refractivity contribution in [3.8, 4) is 0 Å². The van der Waals surface area contributed by atoms with Gasteiger partial charge in [0.1, 0.15) is 0 Å². The van der Waals surface area contributed by atoms with Gasteiger partial charge in [-0.25, -0.2) is 0 Å². The van der Waals surface area contributed by atoms with Crippen molar-refractivity contribution in [2.24, 2.45) is 4.99 Å². The summed E-state index contributed by atoms with van der Waals surface area (Å²) in [7, 11) is 0. The zero-order valence-corrected chi connectivity index (χ0v) is 20.7. The minimum Gasteiger partial charge on any atom is -0.385 e. The molecule has 5 heteroatoms. The van der Waals surface area contributed by atoms with Gasteiger partial charge in [-0.2, -0.15) is 0 Å². The Bertz CT molecular complexity index is 1160. The minimum atomic E-state index is -0.301. The van der Waals surface area contributed by atoms with Crippen LogP contribution in [0.1, 0.15) is 63.1 Å². The van der Waals surface area contributed by atoms with Crippen LogP contribution in [0.25, 0.3) is 5.57 Å². The Labute approximate surface area is 203 Å². The van der Waals surface area contributed by atoms with E-state index in [1.54, 1.807) is 12.1 Å². The summed E-state index contributed by atoms with van der Waals surface area (Å²) in [5.74, 6) is 0. The highest BCUT2D eigenvalue weighted by Gasteiger charge is 2.21. The largest absolute Gasteiger partial charge is 0.385 e. The van der Waals surface area contributed by atoms with Gasteiger partial charge in [0.05, 0.1) is 16.2 Å². The monoisotopic (exact) mass is 457 g/mol. The van der Waals surface area contributed by atoms with Crippen LogP contribution in [-0.4, -0.2) is 23.7 Å². The third-order valence-corrected chi connectivity index (χ3v) is 6.01. The highest BCUT2D eigenvalue weighted by atomic mass is 16.6. The van der Waals surface area contributed by atoms with Crippen molar-refractivity contribution in [1.29, 1.82) is 0 Å². The first-order chi connectivity index (χ1) is 16.5. The summed E-state index contributed by atoms with van der Waals surface area (Å²) in [6, 6.07) is 13.2. The quantitative estimate of drug-likeness (QED) is 0.226. The molecule has 1 aliphatic carbocycles. The van der Waals surface area contributed by atoms with Crippen LogP contribution < -0.4 is 5.32 Å². The van der Waals surface area contributed by atoms with Crippen LogP contribution in [-0.2, 0) is 0 Å². The van der Waals surface area contributed by atoms with E-state index < -0.39 is 0 Å². The smallest absolute Gasteiger partial charge is 0.277 e. The standard InChI is InChI=1S/C29H35N3O2/c1-5-7-17-30-26-15-13-23(19-21(26)3)29(25-11-9-10-12-28(25)32(33)34)24-14-16-27(22(4)20-24)31-18-8-6-2/h9-16,19-20,30H,5-8,17-18H2,1-4H3. The zero-order chi connectivity index (χ0) is 24.5. The third kappa shape index (κ3) is 6.10. The second-order valence-electron chi connectivity index (χ2n) is 8.70. The van der Waals surface area contributed by atoms with Crippen molar-refractivity contribution in [3.63, 3.8) is 0 Å². The molecule has 178 valence electrons. The third-order valence-electron chi connectivity index (χ3n) is 6.01. The van der Waals surface area contributed by atoms with E-state index in [1.807, 2.05) is 24.3 Å². The Kier molecular flexibility index (Phi) is 8.97. The number of para-hydroxylation sites is 1. The second kappa shape index (κ2) is 12.1. The molecule has 3 rings (SSSR count). The highest BCUT2D eigenvalue weighted by molar-refractivity contribution is 6.11. The van der Waals surface area contributed by atoms with Crippen LogP contribution in [0.3, 0.4) is 0 Å². The van der Waals surface area contributed by atoms with Crippen molar-refractivity contribution in [2.75, 3.05) is 18.4 Å². The highest BCUT2D eigenvalue weighted by Crippen LogP contribution is 2.36. The second-order valence-corrected chi connectivity index (χ2v) is 8.70. The van der Waals surface area contributed by atoms with E-state index in [-0.39, 0.29) is 10.6 Å². The molecule has 1 N–H and O–H groups in total. The first kappa shape index (κ1) is 25.2. The van der Waals surface area contributed by atoms with E-state index in [1.165, 1.54) is 0 Å². The lowest BCUT2D eigenvalue weighted by Gasteiger charge is -2.18. The first-order valence-corrected chi connectivity index (χ1v) is 12.2. The van der Waals surface area contributed by atoms with Crippen LogP contribution >= 0.6 is 0 Å². The Morgan fingerprint density at radius 2 is 1.79 bits per heavy atom. The van der Waals surface area contributed by atoms with E-state index in [0.717, 1.165) is 78.0 Å². The van der Waals surface area contributed by atoms with Gasteiger partial charge < -0.3 is 5.32 Å². The number of aryl methyl sites for hydroxylation is 1. The minimum absolute atomic E-state index is 0.106. The molecule has 0 saturated carbocycles. The lowest BCUT2D eigenvalue weighted by molar-refractivity contribution is -0.385. The molecule has 0 aromatic heterocycles. The molecule has 0 heterocycles. The van der Waals surface area contributed by atoms with Crippen LogP contribution in [0.4, 0.5) is 11.4 Å². The van der Waals surface area contributed by atoms with E-state index in [4.69, 9.17) is 4.99 Å². The van der Waals surface area contributed by atoms with Gasteiger partial charge in [-0.15, -0.1) is 0 Å². The average molecular weight is 458 g/mol. The number of nitro groups is 1. The maximum absolute atomic E-state index is 11.9. The van der Waals surface area contributed by atoms with E-state index in [0.29, 0.717) is 5.56 Å². The van der Waals surface area contributed by atoms with Crippen molar-refractivity contribution in [1.82, 2.24) is 0 Å². The van der Waals surface area contributed by atoms with Gasteiger partial charge in [-0.3, -0.25) is 15.1 Å². The van der Waals surface area contributed by atoms with Crippen molar-refractivity contribution >= 4 is 22.7 Å². The number of nitrogens with zero attached hydrogens (tertiary/aromatic N) is 2. The van der Waals surface area contributed by atoms with Gasteiger partial charge >= 0.3 is 0 Å². The van der Waals surface area contributed by atoms with Crippen LogP contribution in [0.15, 0.2) is 76.8 Å². The maximum atomic E-state index is 11.9. The number of hydrogen-bond acceptors (Lipinski definition) is 4. The SMILES string of the molecule is CCCCN=C1C=CC(=C(c2ccc(NCCCC)c(C)c2)c2ccccc2[N+](=O)[O-])C=C1C. The maximum Gasteiger partial charge on any atom is 0.277 e. The molecule has 0 spiro atoms. The van der Waals surface area contributed by atoms with Gasteiger partial charge in [0.25, 0.3) is 5.69 Å². The number of nitro benzene ring substituents is 1. The fraction of sp³-hybridized carbons (Fsp3) is 0.345. The number of allylic oxidation sites excluding steroid dienone is 5. The van der Waals surface area contributed by atoms with E-state index >= 15 is 0 Å². The molecular formula is C29H35N3O2. The lowest BCUT2D eigenvalue weighted by atomic mass is 9.87. The molecule has 2 aromatic carbocycles. The summed E-state index contributed by atoms with van der Waals surface area (Å²) >= 11 is 0. The molecule has 0 unspecified atom stereocenters. The number of aliphatic imine (C=N–C) groups is 1. The Hall–Kier alpha value is -3.47. The fourth-order valence-corrected chi connectivity index (χ4v) is 4.09. The summed E-state index contributed by atoms with van der Waals surface area (Å²) < 4.78 is 0. The molecule has 0 amide bonds. The lowest BCUT2D eigenvalue weighted by Crippen LogP contribution is -2.06. The number of rotatable bonds is 10. The Morgan fingerprint density at radius 3 is 2.47 bits per heavy atom. The van der Waals surface area contributed by atoms with Crippen molar-refractivity contribution < 1.29 is 4.92 Å². The van der Waals surface area contributed by atoms with Gasteiger partial charge in [0, 0.05) is 30.4 Å². The summed E-state index contributed by atoms with van der Waals surface area (Å²) in [4.78, 5) is 16.3. The Morgan fingerprint density at radius 1 is 1.03 bits per heavy atom. The predicted molar refractivity (Wildman–Crippen MR) is 144 cm³/mol. The number of hydrogen-bond donors (Lipinski definition) is 1. The van der Waals surface area contributed by atoms with E-state index in [9.17, 15) is 10.1 Å².